The third-order valence-electron chi connectivity index (χ3n) is 4.43. The number of rotatable bonds is 4. The van der Waals surface area contributed by atoms with E-state index in [-0.39, 0.29) is 0 Å². The van der Waals surface area contributed by atoms with E-state index in [1.54, 1.807) is 0 Å². The number of fused-ring (bicyclic) bond motifs is 1. The molecule has 0 fully saturated rings. The molecule has 0 spiro atoms. The summed E-state index contributed by atoms with van der Waals surface area (Å²) in [7, 11) is -2.30. The first kappa shape index (κ1) is 15.1. The van der Waals surface area contributed by atoms with E-state index in [0.717, 1.165) is 16.4 Å². The zero-order valence-electron chi connectivity index (χ0n) is 13.1. The van der Waals surface area contributed by atoms with Gasteiger partial charge in [-0.3, -0.25) is 0 Å². The van der Waals surface area contributed by atoms with Crippen LogP contribution in [0.15, 0.2) is 66.7 Å². The molecule has 0 aliphatic carbocycles. The van der Waals surface area contributed by atoms with Gasteiger partial charge in [0.2, 0.25) is 0 Å². The molecule has 2 heteroatoms. The molecule has 3 aromatic rings. The summed E-state index contributed by atoms with van der Waals surface area (Å²) in [5.41, 5.74) is 2.26. The maximum atomic E-state index is 13.2. The maximum Gasteiger partial charge on any atom is 0.115 e. The van der Waals surface area contributed by atoms with Gasteiger partial charge >= 0.3 is 0 Å². The van der Waals surface area contributed by atoms with Gasteiger partial charge in [0.1, 0.15) is 7.14 Å². The van der Waals surface area contributed by atoms with Crippen molar-refractivity contribution < 1.29 is 4.57 Å². The summed E-state index contributed by atoms with van der Waals surface area (Å²) < 4.78 is 13.2. The van der Waals surface area contributed by atoms with E-state index in [0.29, 0.717) is 12.3 Å². The van der Waals surface area contributed by atoms with Gasteiger partial charge in [-0.25, -0.2) is 0 Å². The van der Waals surface area contributed by atoms with E-state index in [1.807, 2.05) is 32.0 Å². The molecule has 3 rings (SSSR count). The quantitative estimate of drug-likeness (QED) is 0.579. The van der Waals surface area contributed by atoms with Gasteiger partial charge < -0.3 is 4.57 Å². The molecule has 0 atom stereocenters. The molecule has 0 heterocycles. The molecule has 0 saturated heterocycles. The van der Waals surface area contributed by atoms with Crippen LogP contribution in [0.4, 0.5) is 0 Å². The Hall–Kier alpha value is -1.85. The first-order chi connectivity index (χ1) is 10.7. The second-order valence-electron chi connectivity index (χ2n) is 5.60. The fraction of sp³-hybridized carbons (Fsp3) is 0.200. The fourth-order valence-corrected chi connectivity index (χ4v) is 5.12. The van der Waals surface area contributed by atoms with E-state index in [9.17, 15) is 4.57 Å². The molecular weight excluding hydrogens is 287 g/mol. The van der Waals surface area contributed by atoms with Gasteiger partial charge in [0.15, 0.2) is 0 Å². The number of benzene rings is 3. The highest BCUT2D eigenvalue weighted by Gasteiger charge is 2.23. The Morgan fingerprint density at radius 3 is 2.14 bits per heavy atom. The van der Waals surface area contributed by atoms with Crippen molar-refractivity contribution in [3.05, 3.63) is 66.7 Å². The lowest BCUT2D eigenvalue weighted by Crippen LogP contribution is -2.11. The second kappa shape index (κ2) is 6.10. The Bertz CT molecular complexity index is 843. The highest BCUT2D eigenvalue weighted by Crippen LogP contribution is 2.46. The zero-order chi connectivity index (χ0) is 15.6. The van der Waals surface area contributed by atoms with Crippen LogP contribution < -0.4 is 5.30 Å². The van der Waals surface area contributed by atoms with E-state index in [2.05, 4.69) is 48.5 Å². The minimum atomic E-state index is -2.30. The van der Waals surface area contributed by atoms with Crippen molar-refractivity contribution in [1.29, 1.82) is 0 Å². The van der Waals surface area contributed by atoms with Crippen molar-refractivity contribution in [3.8, 4) is 11.1 Å². The fourth-order valence-electron chi connectivity index (χ4n) is 2.99. The minimum absolute atomic E-state index is 0.716. The van der Waals surface area contributed by atoms with Gasteiger partial charge in [0.25, 0.3) is 0 Å². The lowest BCUT2D eigenvalue weighted by atomic mass is 10.0. The summed E-state index contributed by atoms with van der Waals surface area (Å²) >= 11 is 0. The SMILES string of the molecule is CCP(=O)(CC)c1ccccc1-c1ccc2ccccc2c1. The van der Waals surface area contributed by atoms with Crippen LogP contribution in [0.25, 0.3) is 21.9 Å². The van der Waals surface area contributed by atoms with Crippen molar-refractivity contribution in [1.82, 2.24) is 0 Å². The molecule has 0 unspecified atom stereocenters. The van der Waals surface area contributed by atoms with E-state index in [1.165, 1.54) is 10.8 Å². The molecule has 0 N–H and O–H groups in total. The van der Waals surface area contributed by atoms with Gasteiger partial charge in [-0.15, -0.1) is 0 Å². The first-order valence-corrected chi connectivity index (χ1v) is 9.92. The van der Waals surface area contributed by atoms with Crippen LogP contribution in [-0.2, 0) is 4.57 Å². The Morgan fingerprint density at radius 2 is 1.41 bits per heavy atom. The molecule has 1 nitrogen and oxygen atoms in total. The Kier molecular flexibility index (Phi) is 4.18. The van der Waals surface area contributed by atoms with Gasteiger partial charge in [0.05, 0.1) is 0 Å². The van der Waals surface area contributed by atoms with Crippen LogP contribution >= 0.6 is 7.14 Å². The van der Waals surface area contributed by atoms with Crippen molar-refractivity contribution in [2.24, 2.45) is 0 Å². The third-order valence-corrected chi connectivity index (χ3v) is 7.74. The van der Waals surface area contributed by atoms with Crippen LogP contribution in [-0.4, -0.2) is 12.3 Å². The van der Waals surface area contributed by atoms with Crippen molar-refractivity contribution in [2.45, 2.75) is 13.8 Å². The van der Waals surface area contributed by atoms with E-state index in [4.69, 9.17) is 0 Å². The van der Waals surface area contributed by atoms with Crippen LogP contribution in [0.5, 0.6) is 0 Å². The smallest absolute Gasteiger partial charge is 0.115 e. The largest absolute Gasteiger partial charge is 0.319 e. The van der Waals surface area contributed by atoms with E-state index >= 15 is 0 Å². The van der Waals surface area contributed by atoms with Crippen LogP contribution in [0.2, 0.25) is 0 Å². The molecule has 112 valence electrons. The van der Waals surface area contributed by atoms with Crippen LogP contribution in [0.1, 0.15) is 13.8 Å². The maximum absolute atomic E-state index is 13.2. The molecule has 22 heavy (non-hydrogen) atoms. The van der Waals surface area contributed by atoms with Gasteiger partial charge in [-0.1, -0.05) is 74.5 Å². The van der Waals surface area contributed by atoms with Gasteiger partial charge in [0, 0.05) is 17.6 Å². The highest BCUT2D eigenvalue weighted by molar-refractivity contribution is 7.71. The zero-order valence-corrected chi connectivity index (χ0v) is 14.0. The first-order valence-electron chi connectivity index (χ1n) is 7.85. The van der Waals surface area contributed by atoms with Gasteiger partial charge in [-0.2, -0.15) is 0 Å². The predicted molar refractivity (Wildman–Crippen MR) is 97.7 cm³/mol. The molecular formula is C20H21OP. The Labute approximate surface area is 132 Å². The Morgan fingerprint density at radius 1 is 0.773 bits per heavy atom. The number of hydrogen-bond acceptors (Lipinski definition) is 1. The molecule has 0 aliphatic rings. The van der Waals surface area contributed by atoms with Crippen LogP contribution in [0.3, 0.4) is 0 Å². The summed E-state index contributed by atoms with van der Waals surface area (Å²) in [6, 6.07) is 23.0. The summed E-state index contributed by atoms with van der Waals surface area (Å²) in [4.78, 5) is 0. The molecule has 0 aromatic heterocycles. The number of hydrogen-bond donors (Lipinski definition) is 0. The van der Waals surface area contributed by atoms with Crippen molar-refractivity contribution >= 4 is 23.2 Å². The lowest BCUT2D eigenvalue weighted by molar-refractivity contribution is 0.582. The summed E-state index contributed by atoms with van der Waals surface area (Å²) in [6.45, 7) is 4.06. The van der Waals surface area contributed by atoms with Gasteiger partial charge in [-0.05, 0) is 28.0 Å². The molecule has 0 saturated carbocycles. The molecule has 0 bridgehead atoms. The van der Waals surface area contributed by atoms with Crippen molar-refractivity contribution in [2.75, 3.05) is 12.3 Å². The molecule has 3 aromatic carbocycles. The normalized spacial score (nSPS) is 11.7. The molecule has 0 amide bonds. The summed E-state index contributed by atoms with van der Waals surface area (Å²) in [6.07, 6.45) is 1.43. The Balaban J connectivity index is 2.21. The van der Waals surface area contributed by atoms with Crippen LogP contribution in [0, 0.1) is 0 Å². The average Bonchev–Trinajstić information content (AvgIpc) is 2.60. The molecule has 0 aliphatic heterocycles. The lowest BCUT2D eigenvalue weighted by Gasteiger charge is -2.19. The second-order valence-corrected chi connectivity index (χ2v) is 9.13. The highest BCUT2D eigenvalue weighted by atomic mass is 31.2. The topological polar surface area (TPSA) is 17.1 Å². The van der Waals surface area contributed by atoms with E-state index < -0.39 is 7.14 Å². The summed E-state index contributed by atoms with van der Waals surface area (Å²) in [5, 5.41) is 3.48. The predicted octanol–water partition coefficient (Wildman–Crippen LogP) is 5.54. The van der Waals surface area contributed by atoms with Crippen molar-refractivity contribution in [3.63, 3.8) is 0 Å². The molecule has 0 radical (unpaired) electrons. The summed E-state index contributed by atoms with van der Waals surface area (Å²) in [5.74, 6) is 0. The average molecular weight is 308 g/mol. The monoisotopic (exact) mass is 308 g/mol. The standard InChI is InChI=1S/C20H21OP/c1-3-22(21,4-2)20-12-8-7-11-19(20)18-14-13-16-9-5-6-10-17(16)15-18/h5-15H,3-4H2,1-2H3. The third kappa shape index (κ3) is 2.62. The minimum Gasteiger partial charge on any atom is -0.319 e.